The van der Waals surface area contributed by atoms with Crippen molar-refractivity contribution in [2.24, 2.45) is 5.92 Å². The Morgan fingerprint density at radius 2 is 1.93 bits per heavy atom. The number of halogens is 2. The Kier molecular flexibility index (Phi) is 6.52. The van der Waals surface area contributed by atoms with Crippen molar-refractivity contribution in [1.82, 2.24) is 10.6 Å². The van der Waals surface area contributed by atoms with Gasteiger partial charge in [-0.05, 0) is 55.7 Å². The van der Waals surface area contributed by atoms with Gasteiger partial charge in [-0.3, -0.25) is 9.59 Å². The van der Waals surface area contributed by atoms with E-state index in [1.807, 2.05) is 0 Å². The molecular weight excluding hydrogens is 381 g/mol. The highest BCUT2D eigenvalue weighted by atomic mass is 35.5. The first-order chi connectivity index (χ1) is 13.4. The SMILES string of the molecule is C[C@@H](NC(=O)c1ccccc1Cl)C(=O)NC[C@@H]1CCN(c2ccc(F)cc2)C1. The number of hydrogen-bond acceptors (Lipinski definition) is 3. The van der Waals surface area contributed by atoms with E-state index in [1.54, 1.807) is 43.3 Å². The zero-order chi connectivity index (χ0) is 20.1. The normalized spacial score (nSPS) is 17.2. The van der Waals surface area contributed by atoms with Crippen molar-refractivity contribution in [1.29, 1.82) is 0 Å². The molecule has 1 aliphatic rings. The quantitative estimate of drug-likeness (QED) is 0.778. The van der Waals surface area contributed by atoms with E-state index >= 15 is 0 Å². The molecule has 7 heteroatoms. The average Bonchev–Trinajstić information content (AvgIpc) is 3.16. The maximum atomic E-state index is 13.1. The van der Waals surface area contributed by atoms with Crippen LogP contribution in [-0.4, -0.2) is 37.5 Å². The Labute approximate surface area is 168 Å². The molecule has 0 aromatic heterocycles. The lowest BCUT2D eigenvalue weighted by Crippen LogP contribution is -2.46. The molecule has 2 aromatic rings. The Balaban J connectivity index is 1.45. The van der Waals surface area contributed by atoms with Crippen LogP contribution in [0.5, 0.6) is 0 Å². The predicted molar refractivity (Wildman–Crippen MR) is 108 cm³/mol. The average molecular weight is 404 g/mol. The molecule has 5 nitrogen and oxygen atoms in total. The van der Waals surface area contributed by atoms with Gasteiger partial charge >= 0.3 is 0 Å². The van der Waals surface area contributed by atoms with Crippen molar-refractivity contribution in [3.8, 4) is 0 Å². The number of anilines is 1. The zero-order valence-electron chi connectivity index (χ0n) is 15.6. The fraction of sp³-hybridized carbons (Fsp3) is 0.333. The summed E-state index contributed by atoms with van der Waals surface area (Å²) >= 11 is 6.02. The first kappa shape index (κ1) is 20.1. The minimum absolute atomic E-state index is 0.236. The van der Waals surface area contributed by atoms with Crippen LogP contribution in [0.3, 0.4) is 0 Å². The van der Waals surface area contributed by atoms with Crippen LogP contribution in [0, 0.1) is 11.7 Å². The molecule has 1 fully saturated rings. The minimum atomic E-state index is -0.668. The highest BCUT2D eigenvalue weighted by molar-refractivity contribution is 6.33. The van der Waals surface area contributed by atoms with Crippen molar-refractivity contribution in [2.45, 2.75) is 19.4 Å². The molecular formula is C21H23ClFN3O2. The molecule has 2 amide bonds. The summed E-state index contributed by atoms with van der Waals surface area (Å²) in [5.74, 6) is -0.558. The van der Waals surface area contributed by atoms with Crippen molar-refractivity contribution < 1.29 is 14.0 Å². The van der Waals surface area contributed by atoms with Crippen LogP contribution in [0.4, 0.5) is 10.1 Å². The second-order valence-electron chi connectivity index (χ2n) is 7.00. The standard InChI is InChI=1S/C21H23ClFN3O2/c1-14(25-21(28)18-4-2-3-5-19(18)22)20(27)24-12-15-10-11-26(13-15)17-8-6-16(23)7-9-17/h2-9,14-15H,10-13H2,1H3,(H,24,27)(H,25,28)/t14-,15+/m1/s1. The number of benzene rings is 2. The molecule has 2 N–H and O–H groups in total. The van der Waals surface area contributed by atoms with Crippen LogP contribution < -0.4 is 15.5 Å². The lowest BCUT2D eigenvalue weighted by atomic mass is 10.1. The largest absolute Gasteiger partial charge is 0.371 e. The maximum Gasteiger partial charge on any atom is 0.253 e. The van der Waals surface area contributed by atoms with E-state index in [-0.39, 0.29) is 17.6 Å². The summed E-state index contributed by atoms with van der Waals surface area (Å²) < 4.78 is 13.1. The number of amides is 2. The van der Waals surface area contributed by atoms with Gasteiger partial charge in [0, 0.05) is 25.3 Å². The topological polar surface area (TPSA) is 61.4 Å². The summed E-state index contributed by atoms with van der Waals surface area (Å²) in [5.41, 5.74) is 1.32. The number of carbonyl (C=O) groups excluding carboxylic acids is 2. The highest BCUT2D eigenvalue weighted by Crippen LogP contribution is 2.23. The van der Waals surface area contributed by atoms with Crippen LogP contribution >= 0.6 is 11.6 Å². The number of hydrogen-bond donors (Lipinski definition) is 2. The minimum Gasteiger partial charge on any atom is -0.371 e. The lowest BCUT2D eigenvalue weighted by Gasteiger charge is -2.19. The summed E-state index contributed by atoms with van der Waals surface area (Å²) in [5, 5.41) is 5.92. The highest BCUT2D eigenvalue weighted by Gasteiger charge is 2.24. The van der Waals surface area contributed by atoms with Crippen LogP contribution in [-0.2, 0) is 4.79 Å². The Hall–Kier alpha value is -2.60. The number of carbonyl (C=O) groups is 2. The third-order valence-electron chi connectivity index (χ3n) is 4.90. The molecule has 2 aromatic carbocycles. The molecule has 0 aliphatic carbocycles. The smallest absolute Gasteiger partial charge is 0.253 e. The molecule has 0 bridgehead atoms. The number of nitrogens with one attached hydrogen (secondary N) is 2. The van der Waals surface area contributed by atoms with E-state index in [2.05, 4.69) is 15.5 Å². The van der Waals surface area contributed by atoms with Gasteiger partial charge in [0.25, 0.3) is 5.91 Å². The van der Waals surface area contributed by atoms with Crippen LogP contribution in [0.15, 0.2) is 48.5 Å². The molecule has 1 aliphatic heterocycles. The van der Waals surface area contributed by atoms with Gasteiger partial charge in [-0.2, -0.15) is 0 Å². The molecule has 28 heavy (non-hydrogen) atoms. The van der Waals surface area contributed by atoms with Crippen molar-refractivity contribution in [2.75, 3.05) is 24.5 Å². The first-order valence-corrected chi connectivity index (χ1v) is 9.65. The van der Waals surface area contributed by atoms with E-state index in [9.17, 15) is 14.0 Å². The van der Waals surface area contributed by atoms with Crippen molar-refractivity contribution in [3.05, 3.63) is 64.9 Å². The molecule has 1 heterocycles. The number of rotatable bonds is 6. The fourth-order valence-corrected chi connectivity index (χ4v) is 3.49. The molecule has 0 saturated carbocycles. The van der Waals surface area contributed by atoms with Gasteiger partial charge in [0.15, 0.2) is 0 Å². The molecule has 148 valence electrons. The van der Waals surface area contributed by atoms with Crippen LogP contribution in [0.1, 0.15) is 23.7 Å². The van der Waals surface area contributed by atoms with Gasteiger partial charge in [0.05, 0.1) is 10.6 Å². The second-order valence-corrected chi connectivity index (χ2v) is 7.40. The Morgan fingerprint density at radius 1 is 1.21 bits per heavy atom. The van der Waals surface area contributed by atoms with E-state index in [1.165, 1.54) is 12.1 Å². The van der Waals surface area contributed by atoms with E-state index in [0.717, 1.165) is 25.2 Å². The fourth-order valence-electron chi connectivity index (χ4n) is 3.27. The van der Waals surface area contributed by atoms with Gasteiger partial charge < -0.3 is 15.5 Å². The van der Waals surface area contributed by atoms with Crippen LogP contribution in [0.25, 0.3) is 0 Å². The summed E-state index contributed by atoms with van der Waals surface area (Å²) in [6.07, 6.45) is 0.942. The summed E-state index contributed by atoms with van der Waals surface area (Å²) in [6.45, 7) is 3.84. The molecule has 3 rings (SSSR count). The van der Waals surface area contributed by atoms with Crippen molar-refractivity contribution in [3.63, 3.8) is 0 Å². The molecule has 0 unspecified atom stereocenters. The van der Waals surface area contributed by atoms with Gasteiger partial charge in [-0.1, -0.05) is 23.7 Å². The summed E-state index contributed by atoms with van der Waals surface area (Å²) in [6, 6.07) is 12.5. The van der Waals surface area contributed by atoms with E-state index in [4.69, 9.17) is 11.6 Å². The van der Waals surface area contributed by atoms with Gasteiger partial charge in [0.2, 0.25) is 5.91 Å². The van der Waals surface area contributed by atoms with E-state index in [0.29, 0.717) is 23.0 Å². The molecule has 1 saturated heterocycles. The molecule has 2 atom stereocenters. The maximum absolute atomic E-state index is 13.1. The second kappa shape index (κ2) is 9.06. The molecule has 0 spiro atoms. The monoisotopic (exact) mass is 403 g/mol. The van der Waals surface area contributed by atoms with Gasteiger partial charge in [0.1, 0.15) is 11.9 Å². The van der Waals surface area contributed by atoms with Gasteiger partial charge in [-0.25, -0.2) is 4.39 Å². The third kappa shape index (κ3) is 5.01. The van der Waals surface area contributed by atoms with Gasteiger partial charge in [-0.15, -0.1) is 0 Å². The summed E-state index contributed by atoms with van der Waals surface area (Å²) in [7, 11) is 0. The third-order valence-corrected chi connectivity index (χ3v) is 5.23. The summed E-state index contributed by atoms with van der Waals surface area (Å²) in [4.78, 5) is 26.8. The predicted octanol–water partition coefficient (Wildman–Crippen LogP) is 3.24. The van der Waals surface area contributed by atoms with E-state index < -0.39 is 6.04 Å². The lowest BCUT2D eigenvalue weighted by molar-refractivity contribution is -0.122. The van der Waals surface area contributed by atoms with Crippen LogP contribution in [0.2, 0.25) is 5.02 Å². The van der Waals surface area contributed by atoms with Crippen molar-refractivity contribution >= 4 is 29.1 Å². The number of nitrogens with zero attached hydrogens (tertiary/aromatic N) is 1. The Morgan fingerprint density at radius 3 is 2.64 bits per heavy atom. The Bertz CT molecular complexity index is 844. The molecule has 0 radical (unpaired) electrons. The zero-order valence-corrected chi connectivity index (χ0v) is 16.4. The first-order valence-electron chi connectivity index (χ1n) is 9.27.